The molecular formula is C15H18FN3OS. The lowest BCUT2D eigenvalue weighted by molar-refractivity contribution is 0.361. The van der Waals surface area contributed by atoms with Crippen LogP contribution in [0.15, 0.2) is 33.7 Å². The lowest BCUT2D eigenvalue weighted by atomic mass is 10.0. The summed E-state index contributed by atoms with van der Waals surface area (Å²) in [6.07, 6.45) is 3.16. The number of hydrogen-bond acceptors (Lipinski definition) is 5. The minimum Gasteiger partial charge on any atom is -0.339 e. The molecule has 112 valence electrons. The van der Waals surface area contributed by atoms with E-state index < -0.39 is 0 Å². The van der Waals surface area contributed by atoms with Crippen LogP contribution >= 0.6 is 11.8 Å². The van der Waals surface area contributed by atoms with Crippen molar-refractivity contribution in [3.05, 3.63) is 41.8 Å². The van der Waals surface area contributed by atoms with E-state index in [1.54, 1.807) is 6.07 Å². The Morgan fingerprint density at radius 3 is 3.19 bits per heavy atom. The number of nitrogens with one attached hydrogen (secondary N) is 1. The first-order chi connectivity index (χ1) is 10.3. The molecule has 2 aromatic rings. The number of hydrogen-bond donors (Lipinski definition) is 1. The van der Waals surface area contributed by atoms with Gasteiger partial charge in [0, 0.05) is 11.3 Å². The molecular weight excluding hydrogens is 289 g/mol. The summed E-state index contributed by atoms with van der Waals surface area (Å²) >= 11 is 1.51. The van der Waals surface area contributed by atoms with Crippen molar-refractivity contribution in [3.8, 4) is 0 Å². The number of thioether (sulfide) groups is 1. The topological polar surface area (TPSA) is 51.0 Å². The highest BCUT2D eigenvalue weighted by molar-refractivity contribution is 7.98. The molecule has 1 aromatic carbocycles. The molecule has 1 unspecified atom stereocenters. The van der Waals surface area contributed by atoms with Crippen molar-refractivity contribution in [2.45, 2.75) is 29.9 Å². The largest absolute Gasteiger partial charge is 0.339 e. The predicted octanol–water partition coefficient (Wildman–Crippen LogP) is 3.04. The van der Waals surface area contributed by atoms with Gasteiger partial charge in [-0.2, -0.15) is 4.98 Å². The van der Waals surface area contributed by atoms with Crippen LogP contribution in [0, 0.1) is 11.7 Å². The summed E-state index contributed by atoms with van der Waals surface area (Å²) in [5.74, 6) is 2.47. The van der Waals surface area contributed by atoms with Gasteiger partial charge < -0.3 is 9.84 Å². The lowest BCUT2D eigenvalue weighted by Gasteiger charge is -2.03. The van der Waals surface area contributed by atoms with Crippen LogP contribution in [0.1, 0.15) is 24.6 Å². The van der Waals surface area contributed by atoms with Gasteiger partial charge in [0.05, 0.1) is 5.75 Å². The molecule has 0 radical (unpaired) electrons. The number of aryl methyl sites for hydroxylation is 1. The summed E-state index contributed by atoms with van der Waals surface area (Å²) in [4.78, 5) is 5.27. The Morgan fingerprint density at radius 2 is 2.38 bits per heavy atom. The van der Waals surface area contributed by atoms with Crippen molar-refractivity contribution >= 4 is 11.8 Å². The van der Waals surface area contributed by atoms with Gasteiger partial charge >= 0.3 is 0 Å². The van der Waals surface area contributed by atoms with Crippen LogP contribution in [-0.2, 0) is 12.2 Å². The SMILES string of the molecule is Fc1cccc(SCc2noc(CCC3CCNC3)n2)c1. The van der Waals surface area contributed by atoms with E-state index in [1.807, 2.05) is 6.07 Å². The molecule has 1 N–H and O–H groups in total. The molecule has 21 heavy (non-hydrogen) atoms. The Kier molecular flexibility index (Phi) is 4.87. The van der Waals surface area contributed by atoms with Crippen LogP contribution in [0.25, 0.3) is 0 Å². The van der Waals surface area contributed by atoms with Gasteiger partial charge in [-0.05, 0) is 50.0 Å². The van der Waals surface area contributed by atoms with Gasteiger partial charge in [-0.25, -0.2) is 4.39 Å². The molecule has 1 aliphatic heterocycles. The highest BCUT2D eigenvalue weighted by atomic mass is 32.2. The molecule has 1 saturated heterocycles. The molecule has 4 nitrogen and oxygen atoms in total. The summed E-state index contributed by atoms with van der Waals surface area (Å²) in [6, 6.07) is 6.53. The van der Waals surface area contributed by atoms with Crippen molar-refractivity contribution < 1.29 is 8.91 Å². The fourth-order valence-corrected chi connectivity index (χ4v) is 3.23. The Balaban J connectivity index is 1.48. The average molecular weight is 307 g/mol. The number of aromatic nitrogens is 2. The van der Waals surface area contributed by atoms with E-state index in [2.05, 4.69) is 15.5 Å². The molecule has 0 spiro atoms. The van der Waals surface area contributed by atoms with Gasteiger partial charge in [-0.3, -0.25) is 0 Å². The molecule has 0 bridgehead atoms. The zero-order valence-corrected chi connectivity index (χ0v) is 12.5. The summed E-state index contributed by atoms with van der Waals surface area (Å²) in [7, 11) is 0. The second-order valence-corrected chi connectivity index (χ2v) is 6.30. The quantitative estimate of drug-likeness (QED) is 0.831. The van der Waals surface area contributed by atoms with Crippen molar-refractivity contribution in [2.24, 2.45) is 5.92 Å². The van der Waals surface area contributed by atoms with E-state index in [0.29, 0.717) is 17.5 Å². The van der Waals surface area contributed by atoms with Crippen LogP contribution in [0.5, 0.6) is 0 Å². The Labute approximate surface area is 127 Å². The standard InChI is InChI=1S/C15H18FN3OS/c16-12-2-1-3-13(8-12)21-10-14-18-15(20-19-14)5-4-11-6-7-17-9-11/h1-3,8,11,17H,4-7,9-10H2. The third-order valence-electron chi connectivity index (χ3n) is 3.60. The van der Waals surface area contributed by atoms with Crippen LogP contribution in [0.3, 0.4) is 0 Å². The van der Waals surface area contributed by atoms with Gasteiger partial charge in [0.1, 0.15) is 5.82 Å². The second kappa shape index (κ2) is 7.04. The summed E-state index contributed by atoms with van der Waals surface area (Å²) in [5.41, 5.74) is 0. The monoisotopic (exact) mass is 307 g/mol. The molecule has 2 heterocycles. The first kappa shape index (κ1) is 14.5. The van der Waals surface area contributed by atoms with E-state index in [4.69, 9.17) is 4.52 Å². The van der Waals surface area contributed by atoms with Crippen LogP contribution < -0.4 is 5.32 Å². The third-order valence-corrected chi connectivity index (χ3v) is 4.59. The zero-order chi connectivity index (χ0) is 14.5. The number of benzene rings is 1. The summed E-state index contributed by atoms with van der Waals surface area (Å²) in [5, 5.41) is 7.34. The smallest absolute Gasteiger partial charge is 0.226 e. The highest BCUT2D eigenvalue weighted by Gasteiger charge is 2.16. The third kappa shape index (κ3) is 4.28. The van der Waals surface area contributed by atoms with Crippen LogP contribution in [-0.4, -0.2) is 23.2 Å². The Bertz CT molecular complexity index is 584. The van der Waals surface area contributed by atoms with Crippen molar-refractivity contribution in [3.63, 3.8) is 0 Å². The zero-order valence-electron chi connectivity index (χ0n) is 11.7. The molecule has 3 rings (SSSR count). The van der Waals surface area contributed by atoms with E-state index in [0.717, 1.165) is 36.7 Å². The minimum atomic E-state index is -0.223. The van der Waals surface area contributed by atoms with Gasteiger partial charge in [-0.1, -0.05) is 11.2 Å². The first-order valence-electron chi connectivity index (χ1n) is 7.20. The van der Waals surface area contributed by atoms with E-state index in [-0.39, 0.29) is 5.82 Å². The number of nitrogens with zero attached hydrogens (tertiary/aromatic N) is 2. The van der Waals surface area contributed by atoms with Crippen molar-refractivity contribution in [2.75, 3.05) is 13.1 Å². The van der Waals surface area contributed by atoms with Gasteiger partial charge in [0.25, 0.3) is 0 Å². The van der Waals surface area contributed by atoms with Crippen LogP contribution in [0.2, 0.25) is 0 Å². The summed E-state index contributed by atoms with van der Waals surface area (Å²) < 4.78 is 18.3. The molecule has 1 fully saturated rings. The number of halogens is 1. The van der Waals surface area contributed by atoms with Gasteiger partial charge in [0.2, 0.25) is 5.89 Å². The molecule has 6 heteroatoms. The maximum Gasteiger partial charge on any atom is 0.226 e. The fourth-order valence-electron chi connectivity index (χ4n) is 2.44. The number of rotatable bonds is 6. The van der Waals surface area contributed by atoms with Crippen molar-refractivity contribution in [1.29, 1.82) is 0 Å². The second-order valence-electron chi connectivity index (χ2n) is 5.25. The fraction of sp³-hybridized carbons (Fsp3) is 0.467. The maximum absolute atomic E-state index is 13.1. The van der Waals surface area contributed by atoms with Crippen molar-refractivity contribution in [1.82, 2.24) is 15.5 Å². The molecule has 0 saturated carbocycles. The predicted molar refractivity (Wildman–Crippen MR) is 79.6 cm³/mol. The lowest BCUT2D eigenvalue weighted by Crippen LogP contribution is -2.09. The Hall–Kier alpha value is -1.40. The molecule has 1 atom stereocenters. The van der Waals surface area contributed by atoms with E-state index in [9.17, 15) is 4.39 Å². The van der Waals surface area contributed by atoms with Crippen LogP contribution in [0.4, 0.5) is 4.39 Å². The maximum atomic E-state index is 13.1. The van der Waals surface area contributed by atoms with E-state index >= 15 is 0 Å². The van der Waals surface area contributed by atoms with Gasteiger partial charge in [0.15, 0.2) is 5.82 Å². The highest BCUT2D eigenvalue weighted by Crippen LogP contribution is 2.22. The molecule has 0 aliphatic carbocycles. The normalized spacial score (nSPS) is 18.2. The van der Waals surface area contributed by atoms with E-state index in [1.165, 1.54) is 30.3 Å². The first-order valence-corrected chi connectivity index (χ1v) is 8.19. The molecule has 0 amide bonds. The summed E-state index contributed by atoms with van der Waals surface area (Å²) in [6.45, 7) is 2.21. The Morgan fingerprint density at radius 1 is 1.43 bits per heavy atom. The van der Waals surface area contributed by atoms with Gasteiger partial charge in [-0.15, -0.1) is 11.8 Å². The minimum absolute atomic E-state index is 0.223. The molecule has 1 aromatic heterocycles. The average Bonchev–Trinajstić information content (AvgIpc) is 3.15. The molecule has 1 aliphatic rings.